The van der Waals surface area contributed by atoms with Crippen LogP contribution in [0.25, 0.3) is 0 Å². The van der Waals surface area contributed by atoms with Crippen molar-refractivity contribution in [2.24, 2.45) is 17.6 Å². The molecule has 0 spiro atoms. The minimum atomic E-state index is -1.64. The van der Waals surface area contributed by atoms with Crippen molar-refractivity contribution in [1.29, 1.82) is 0 Å². The highest BCUT2D eigenvalue weighted by atomic mass is 16.4. The van der Waals surface area contributed by atoms with Gasteiger partial charge >= 0.3 is 11.9 Å². The second-order valence-corrected chi connectivity index (χ2v) is 11.2. The molecule has 5 amide bonds. The summed E-state index contributed by atoms with van der Waals surface area (Å²) >= 11 is 0. The molecule has 0 fully saturated rings. The number of quaternary nitrogens is 1. The lowest BCUT2D eigenvalue weighted by Gasteiger charge is -2.27. The summed E-state index contributed by atoms with van der Waals surface area (Å²) in [6.07, 6.45) is -1.84. The van der Waals surface area contributed by atoms with E-state index in [0.29, 0.717) is 0 Å². The monoisotopic (exact) mass is 603 g/mol. The van der Waals surface area contributed by atoms with Crippen LogP contribution in [0.1, 0.15) is 73.6 Å². The van der Waals surface area contributed by atoms with Crippen LogP contribution in [0.4, 0.5) is 0 Å². The van der Waals surface area contributed by atoms with Gasteiger partial charge in [0.15, 0.2) is 12.3 Å². The van der Waals surface area contributed by atoms with Gasteiger partial charge in [0.05, 0.1) is 6.42 Å². The van der Waals surface area contributed by atoms with Crippen molar-refractivity contribution in [3.63, 3.8) is 0 Å². The molecule has 0 aromatic heterocycles. The third-order valence-electron chi connectivity index (χ3n) is 5.97. The fourth-order valence-electron chi connectivity index (χ4n) is 3.94. The molecule has 0 heterocycles. The Kier molecular flexibility index (Phi) is 16.9. The Balaban J connectivity index is 5.93. The van der Waals surface area contributed by atoms with E-state index >= 15 is 0 Å². The Morgan fingerprint density at radius 3 is 1.52 bits per heavy atom. The number of carboxylic acid groups (broad SMARTS) is 2. The molecule has 240 valence electrons. The molecule has 0 aliphatic carbocycles. The van der Waals surface area contributed by atoms with E-state index in [0.717, 1.165) is 0 Å². The largest absolute Gasteiger partial charge is 0.481 e. The number of hydrogen-bond donors (Lipinski definition) is 9. The molecule has 0 radical (unpaired) electrons. The summed E-state index contributed by atoms with van der Waals surface area (Å²) < 4.78 is 0. The fraction of sp³-hybridized carbons (Fsp3) is 0.731. The number of amides is 5. The molecule has 6 atom stereocenters. The van der Waals surface area contributed by atoms with E-state index in [1.807, 2.05) is 0 Å². The molecule has 0 aromatic carbocycles. The first-order valence-corrected chi connectivity index (χ1v) is 13.8. The summed E-state index contributed by atoms with van der Waals surface area (Å²) in [5.74, 6) is -6.98. The highest BCUT2D eigenvalue weighted by molar-refractivity contribution is 5.96. The Morgan fingerprint density at radius 1 is 0.690 bits per heavy atom. The summed E-state index contributed by atoms with van der Waals surface area (Å²) in [5.41, 5.74) is 5.18. The van der Waals surface area contributed by atoms with Crippen LogP contribution in [-0.4, -0.2) is 93.2 Å². The molecular formula is C26H47N6O10+. The van der Waals surface area contributed by atoms with Crippen molar-refractivity contribution in [3.05, 3.63) is 0 Å². The number of rotatable bonds is 20. The van der Waals surface area contributed by atoms with Crippen LogP contribution < -0.4 is 32.3 Å². The van der Waals surface area contributed by atoms with Gasteiger partial charge in [-0.15, -0.1) is 0 Å². The van der Waals surface area contributed by atoms with Crippen molar-refractivity contribution in [2.75, 3.05) is 0 Å². The number of carbonyl (C=O) groups is 7. The molecule has 0 rings (SSSR count). The zero-order valence-electron chi connectivity index (χ0n) is 25.0. The highest BCUT2D eigenvalue weighted by Gasteiger charge is 2.34. The van der Waals surface area contributed by atoms with Crippen molar-refractivity contribution in [2.45, 2.75) is 110 Å². The average molecular weight is 604 g/mol. The average Bonchev–Trinajstić information content (AvgIpc) is 2.83. The third-order valence-corrected chi connectivity index (χ3v) is 5.97. The van der Waals surface area contributed by atoms with Gasteiger partial charge in [-0.25, -0.2) is 0 Å². The van der Waals surface area contributed by atoms with E-state index in [9.17, 15) is 43.8 Å². The van der Waals surface area contributed by atoms with E-state index in [1.54, 1.807) is 27.7 Å². The quantitative estimate of drug-likeness (QED) is 0.0642. The topological polar surface area (TPSA) is 271 Å². The molecule has 0 saturated heterocycles. The molecule has 42 heavy (non-hydrogen) atoms. The number of aliphatic hydroxyl groups is 1. The third kappa shape index (κ3) is 15.9. The van der Waals surface area contributed by atoms with Gasteiger partial charge in [0.1, 0.15) is 24.2 Å². The van der Waals surface area contributed by atoms with Gasteiger partial charge in [0.2, 0.25) is 23.6 Å². The molecule has 0 bridgehead atoms. The minimum absolute atomic E-state index is 0.0219. The summed E-state index contributed by atoms with van der Waals surface area (Å²) in [6, 6.07) is -6.30. The predicted octanol–water partition coefficient (Wildman–Crippen LogP) is -2.87. The van der Waals surface area contributed by atoms with Crippen LogP contribution in [0.2, 0.25) is 0 Å². The maximum absolute atomic E-state index is 13.3. The molecule has 0 aromatic rings. The fourth-order valence-corrected chi connectivity index (χ4v) is 3.94. The van der Waals surface area contributed by atoms with Crippen LogP contribution in [0.3, 0.4) is 0 Å². The van der Waals surface area contributed by atoms with Gasteiger partial charge in [0, 0.05) is 19.8 Å². The van der Waals surface area contributed by atoms with Crippen LogP contribution in [-0.2, 0) is 33.6 Å². The highest BCUT2D eigenvalue weighted by Crippen LogP contribution is 2.09. The summed E-state index contributed by atoms with van der Waals surface area (Å²) in [7, 11) is 0. The first-order valence-electron chi connectivity index (χ1n) is 13.8. The van der Waals surface area contributed by atoms with Crippen molar-refractivity contribution in [1.82, 2.24) is 21.3 Å². The zero-order valence-corrected chi connectivity index (χ0v) is 25.0. The van der Waals surface area contributed by atoms with Gasteiger partial charge < -0.3 is 47.6 Å². The van der Waals surface area contributed by atoms with Crippen LogP contribution >= 0.6 is 0 Å². The van der Waals surface area contributed by atoms with Gasteiger partial charge in [-0.1, -0.05) is 27.7 Å². The van der Waals surface area contributed by atoms with E-state index < -0.39 is 84.3 Å². The van der Waals surface area contributed by atoms with Crippen molar-refractivity contribution in [3.8, 4) is 0 Å². The lowest BCUT2D eigenvalue weighted by Crippen LogP contribution is -2.97. The normalized spacial score (nSPS) is 15.5. The SMILES string of the molecule is CC(C)C[C@H](NC(=O)[C@H](CC(=O)O)NC(=O)[C@H](CC(C)C)NC(=O)[C@H](CCC(N)=O)[NH2+][C@H](C)O)C(=O)N[C@@H](C)C(=O)O. The molecule has 16 nitrogen and oxygen atoms in total. The van der Waals surface area contributed by atoms with Crippen LogP contribution in [0, 0.1) is 11.8 Å². The minimum Gasteiger partial charge on any atom is -0.481 e. The van der Waals surface area contributed by atoms with Gasteiger partial charge in [0.25, 0.3) is 5.91 Å². The van der Waals surface area contributed by atoms with E-state index in [1.165, 1.54) is 19.2 Å². The molecule has 11 N–H and O–H groups in total. The van der Waals surface area contributed by atoms with Gasteiger partial charge in [-0.3, -0.25) is 33.6 Å². The lowest BCUT2D eigenvalue weighted by molar-refractivity contribution is -0.739. The number of primary amides is 1. The molecular weight excluding hydrogens is 556 g/mol. The number of nitrogens with one attached hydrogen (secondary N) is 4. The molecule has 0 unspecified atom stereocenters. The number of aliphatic hydroxyl groups excluding tert-OH is 1. The zero-order chi connectivity index (χ0) is 32.7. The lowest BCUT2D eigenvalue weighted by atomic mass is 10.0. The summed E-state index contributed by atoms with van der Waals surface area (Å²) in [6.45, 7) is 9.71. The van der Waals surface area contributed by atoms with E-state index in [2.05, 4.69) is 21.3 Å². The second kappa shape index (κ2) is 18.6. The first-order chi connectivity index (χ1) is 19.3. The number of aliphatic carboxylic acids is 2. The number of carboxylic acids is 2. The van der Waals surface area contributed by atoms with Crippen molar-refractivity contribution >= 4 is 41.5 Å². The molecule has 0 aliphatic heterocycles. The second-order valence-electron chi connectivity index (χ2n) is 11.2. The number of hydrogen-bond acceptors (Lipinski definition) is 8. The van der Waals surface area contributed by atoms with E-state index in [-0.39, 0.29) is 37.5 Å². The molecule has 0 aliphatic rings. The number of nitrogens with two attached hydrogens (primary N) is 2. The molecule has 16 heteroatoms. The maximum Gasteiger partial charge on any atom is 0.325 e. The Morgan fingerprint density at radius 2 is 1.12 bits per heavy atom. The van der Waals surface area contributed by atoms with Gasteiger partial charge in [-0.2, -0.15) is 0 Å². The first kappa shape index (κ1) is 38.2. The van der Waals surface area contributed by atoms with Crippen molar-refractivity contribution < 1.29 is 54.2 Å². The predicted molar refractivity (Wildman–Crippen MR) is 148 cm³/mol. The van der Waals surface area contributed by atoms with Crippen LogP contribution in [0.5, 0.6) is 0 Å². The summed E-state index contributed by atoms with van der Waals surface area (Å²) in [5, 5.41) is 39.1. The van der Waals surface area contributed by atoms with Crippen LogP contribution in [0.15, 0.2) is 0 Å². The molecule has 0 saturated carbocycles. The number of carbonyl (C=O) groups excluding carboxylic acids is 5. The Hall–Kier alpha value is -3.79. The standard InChI is InChI=1S/C26H46N6O10/c1-12(2)9-17(23(38)28-14(5)26(41)42)31-25(40)19(11-21(35)36)32-24(39)18(10-13(3)4)30-22(37)16(29-15(6)33)7-8-20(27)34/h12-19,29,33H,7-11H2,1-6H3,(H2,27,34)(H,28,38)(H,30,37)(H,31,40)(H,32,39)(H,35,36)(H,41,42)/p+1/t14-,15-,16-,17-,18-,19-/m0/s1. The maximum atomic E-state index is 13.3. The Labute approximate surface area is 244 Å². The summed E-state index contributed by atoms with van der Waals surface area (Å²) in [4.78, 5) is 86.0. The smallest absolute Gasteiger partial charge is 0.325 e. The Bertz CT molecular complexity index is 971. The van der Waals surface area contributed by atoms with E-state index in [4.69, 9.17) is 10.8 Å². The van der Waals surface area contributed by atoms with Gasteiger partial charge in [-0.05, 0) is 31.6 Å².